The number of hydrogen-bond donors (Lipinski definition) is 2. The number of rotatable bonds is 7. The van der Waals surface area contributed by atoms with Crippen LogP contribution in [-0.4, -0.2) is 35.8 Å². The van der Waals surface area contributed by atoms with E-state index in [1.165, 1.54) is 16.9 Å². The summed E-state index contributed by atoms with van der Waals surface area (Å²) in [5.74, 6) is -0.380. The quantitative estimate of drug-likeness (QED) is 0.592. The SMILES string of the molecule is O=C(N[C@@H](C(=O)NC1CCN(Cc2ccccc2)CC1)c1ccccc1)c1cccs1. The number of likely N-dealkylation sites (tertiary alicyclic amines) is 1. The van der Waals surface area contributed by atoms with Crippen molar-refractivity contribution in [3.8, 4) is 0 Å². The Morgan fingerprint density at radius 3 is 2.26 bits per heavy atom. The van der Waals surface area contributed by atoms with Crippen LogP contribution < -0.4 is 10.6 Å². The second-order valence-corrected chi connectivity index (χ2v) is 8.79. The van der Waals surface area contributed by atoms with E-state index >= 15 is 0 Å². The van der Waals surface area contributed by atoms with Gasteiger partial charge in [-0.1, -0.05) is 66.7 Å². The standard InChI is InChI=1S/C25H27N3O2S/c29-24(22-12-7-17-31-22)27-23(20-10-5-2-6-11-20)25(30)26-21-13-15-28(16-14-21)18-19-8-3-1-4-9-19/h1-12,17,21,23H,13-16,18H2,(H,26,30)(H,27,29)/t23-/m1/s1. The van der Waals surface area contributed by atoms with Gasteiger partial charge in [0, 0.05) is 25.7 Å². The monoisotopic (exact) mass is 433 g/mol. The third-order valence-corrected chi connectivity index (χ3v) is 6.47. The van der Waals surface area contributed by atoms with Crippen LogP contribution >= 0.6 is 11.3 Å². The van der Waals surface area contributed by atoms with Gasteiger partial charge in [0.2, 0.25) is 5.91 Å². The number of piperidine rings is 1. The van der Waals surface area contributed by atoms with Gasteiger partial charge in [-0.2, -0.15) is 0 Å². The van der Waals surface area contributed by atoms with E-state index in [1.54, 1.807) is 6.07 Å². The van der Waals surface area contributed by atoms with Crippen LogP contribution in [0.15, 0.2) is 78.2 Å². The van der Waals surface area contributed by atoms with E-state index in [0.29, 0.717) is 4.88 Å². The first-order chi connectivity index (χ1) is 15.2. The molecule has 0 saturated carbocycles. The van der Waals surface area contributed by atoms with Gasteiger partial charge in [0.05, 0.1) is 4.88 Å². The zero-order valence-electron chi connectivity index (χ0n) is 17.4. The summed E-state index contributed by atoms with van der Waals surface area (Å²) in [5.41, 5.74) is 2.09. The van der Waals surface area contributed by atoms with E-state index in [4.69, 9.17) is 0 Å². The molecule has 3 aromatic rings. The van der Waals surface area contributed by atoms with Crippen LogP contribution in [0.5, 0.6) is 0 Å². The van der Waals surface area contributed by atoms with Gasteiger partial charge in [0.1, 0.15) is 6.04 Å². The number of nitrogens with zero attached hydrogens (tertiary/aromatic N) is 1. The molecule has 0 bridgehead atoms. The highest BCUT2D eigenvalue weighted by Crippen LogP contribution is 2.18. The van der Waals surface area contributed by atoms with Crippen LogP contribution in [0.25, 0.3) is 0 Å². The normalized spacial score (nSPS) is 15.9. The number of carbonyl (C=O) groups is 2. The van der Waals surface area contributed by atoms with Crippen LogP contribution in [0.3, 0.4) is 0 Å². The maximum atomic E-state index is 13.2. The third kappa shape index (κ3) is 5.81. The predicted octanol–water partition coefficient (Wildman–Crippen LogP) is 4.00. The van der Waals surface area contributed by atoms with Gasteiger partial charge in [-0.05, 0) is 35.4 Å². The van der Waals surface area contributed by atoms with Crippen molar-refractivity contribution in [3.63, 3.8) is 0 Å². The van der Waals surface area contributed by atoms with Gasteiger partial charge >= 0.3 is 0 Å². The van der Waals surface area contributed by atoms with Crippen LogP contribution in [0, 0.1) is 0 Å². The molecule has 0 radical (unpaired) electrons. The summed E-state index contributed by atoms with van der Waals surface area (Å²) in [7, 11) is 0. The van der Waals surface area contributed by atoms with Crippen molar-refractivity contribution in [2.24, 2.45) is 0 Å². The smallest absolute Gasteiger partial charge is 0.262 e. The molecule has 2 aromatic carbocycles. The molecule has 1 saturated heterocycles. The highest BCUT2D eigenvalue weighted by Gasteiger charge is 2.27. The molecular formula is C25H27N3O2S. The minimum absolute atomic E-state index is 0.115. The van der Waals surface area contributed by atoms with Crippen molar-refractivity contribution in [2.75, 3.05) is 13.1 Å². The Bertz CT molecular complexity index is 969. The van der Waals surface area contributed by atoms with Crippen LogP contribution in [0.2, 0.25) is 0 Å². The van der Waals surface area contributed by atoms with E-state index in [1.807, 2.05) is 47.8 Å². The second-order valence-electron chi connectivity index (χ2n) is 7.84. The highest BCUT2D eigenvalue weighted by atomic mass is 32.1. The molecule has 1 atom stereocenters. The Balaban J connectivity index is 1.36. The Labute approximate surface area is 187 Å². The summed E-state index contributed by atoms with van der Waals surface area (Å²) in [4.78, 5) is 28.8. The Morgan fingerprint density at radius 2 is 1.61 bits per heavy atom. The van der Waals surface area contributed by atoms with Crippen molar-refractivity contribution >= 4 is 23.2 Å². The van der Waals surface area contributed by atoms with E-state index in [-0.39, 0.29) is 17.9 Å². The van der Waals surface area contributed by atoms with Gasteiger partial charge in [0.15, 0.2) is 0 Å². The van der Waals surface area contributed by atoms with Gasteiger partial charge in [-0.3, -0.25) is 14.5 Å². The topological polar surface area (TPSA) is 61.4 Å². The highest BCUT2D eigenvalue weighted by molar-refractivity contribution is 7.12. The molecule has 31 heavy (non-hydrogen) atoms. The molecule has 0 unspecified atom stereocenters. The summed E-state index contributed by atoms with van der Waals surface area (Å²) in [6.07, 6.45) is 1.80. The Morgan fingerprint density at radius 1 is 0.935 bits per heavy atom. The van der Waals surface area contributed by atoms with Crippen molar-refractivity contribution < 1.29 is 9.59 Å². The second kappa shape index (κ2) is 10.4. The predicted molar refractivity (Wildman–Crippen MR) is 124 cm³/mol. The molecular weight excluding hydrogens is 406 g/mol. The lowest BCUT2D eigenvalue weighted by molar-refractivity contribution is -0.124. The lowest BCUT2D eigenvalue weighted by Crippen LogP contribution is -2.48. The average Bonchev–Trinajstić information content (AvgIpc) is 3.35. The first kappa shape index (κ1) is 21.3. The number of benzene rings is 2. The number of hydrogen-bond acceptors (Lipinski definition) is 4. The Kier molecular flexibility index (Phi) is 7.12. The molecule has 2 heterocycles. The number of carbonyl (C=O) groups excluding carboxylic acids is 2. The number of thiophene rings is 1. The lowest BCUT2D eigenvalue weighted by atomic mass is 10.0. The fourth-order valence-electron chi connectivity index (χ4n) is 3.92. The Hall–Kier alpha value is -2.96. The van der Waals surface area contributed by atoms with Crippen molar-refractivity contribution in [3.05, 3.63) is 94.2 Å². The number of amides is 2. The zero-order valence-corrected chi connectivity index (χ0v) is 18.2. The van der Waals surface area contributed by atoms with Gasteiger partial charge in [-0.15, -0.1) is 11.3 Å². The molecule has 0 spiro atoms. The first-order valence-corrected chi connectivity index (χ1v) is 11.5. The van der Waals surface area contributed by atoms with Crippen LogP contribution in [0.1, 0.15) is 39.7 Å². The fourth-order valence-corrected chi connectivity index (χ4v) is 4.54. The molecule has 1 aliphatic rings. The molecule has 2 amide bonds. The van der Waals surface area contributed by atoms with Gasteiger partial charge in [0.25, 0.3) is 5.91 Å². The molecule has 1 fully saturated rings. The van der Waals surface area contributed by atoms with E-state index in [0.717, 1.165) is 38.0 Å². The van der Waals surface area contributed by atoms with Crippen molar-refractivity contribution in [2.45, 2.75) is 31.5 Å². The summed E-state index contributed by atoms with van der Waals surface area (Å²) >= 11 is 1.37. The van der Waals surface area contributed by atoms with Crippen LogP contribution in [0.4, 0.5) is 0 Å². The molecule has 5 nitrogen and oxygen atoms in total. The molecule has 0 aliphatic carbocycles. The maximum absolute atomic E-state index is 13.2. The molecule has 160 valence electrons. The summed E-state index contributed by atoms with van der Waals surface area (Å²) in [6.45, 7) is 2.82. The summed E-state index contributed by atoms with van der Waals surface area (Å²) in [6, 6.07) is 22.9. The van der Waals surface area contributed by atoms with Crippen molar-refractivity contribution in [1.82, 2.24) is 15.5 Å². The molecule has 1 aliphatic heterocycles. The fraction of sp³-hybridized carbons (Fsp3) is 0.280. The van der Waals surface area contributed by atoms with E-state index < -0.39 is 6.04 Å². The molecule has 1 aromatic heterocycles. The third-order valence-electron chi connectivity index (χ3n) is 5.60. The number of nitrogens with one attached hydrogen (secondary N) is 2. The zero-order chi connectivity index (χ0) is 21.5. The molecule has 4 rings (SSSR count). The summed E-state index contributed by atoms with van der Waals surface area (Å²) < 4.78 is 0. The van der Waals surface area contributed by atoms with Gasteiger partial charge in [-0.25, -0.2) is 0 Å². The molecule has 6 heteroatoms. The van der Waals surface area contributed by atoms with E-state index in [9.17, 15) is 9.59 Å². The van der Waals surface area contributed by atoms with E-state index in [2.05, 4.69) is 39.8 Å². The average molecular weight is 434 g/mol. The van der Waals surface area contributed by atoms with Crippen LogP contribution in [-0.2, 0) is 11.3 Å². The van der Waals surface area contributed by atoms with Crippen molar-refractivity contribution in [1.29, 1.82) is 0 Å². The van der Waals surface area contributed by atoms with Gasteiger partial charge < -0.3 is 10.6 Å². The lowest BCUT2D eigenvalue weighted by Gasteiger charge is -2.33. The minimum atomic E-state index is -0.710. The first-order valence-electron chi connectivity index (χ1n) is 10.6. The molecule has 2 N–H and O–H groups in total. The largest absolute Gasteiger partial charge is 0.351 e. The summed E-state index contributed by atoms with van der Waals surface area (Å²) in [5, 5.41) is 7.95. The minimum Gasteiger partial charge on any atom is -0.351 e. The maximum Gasteiger partial charge on any atom is 0.262 e.